The van der Waals surface area contributed by atoms with Gasteiger partial charge in [0.15, 0.2) is 0 Å². The Bertz CT molecular complexity index is 894. The smallest absolute Gasteiger partial charge is 0.374 e. The summed E-state index contributed by atoms with van der Waals surface area (Å²) in [6, 6.07) is 10.6. The molecule has 160 valence electrons. The van der Waals surface area contributed by atoms with Gasteiger partial charge in [0.1, 0.15) is 0 Å². The SMILES string of the molecule is CN1CCCc2cc(C(NC(=O)C(F)(F)F)c3ccc4c(c3)CCCN4C)ccc21. The lowest BCUT2D eigenvalue weighted by Crippen LogP contribution is -2.39. The van der Waals surface area contributed by atoms with Crippen LogP contribution in [0.1, 0.15) is 41.1 Å². The Hall–Kier alpha value is -2.70. The minimum atomic E-state index is -4.93. The summed E-state index contributed by atoms with van der Waals surface area (Å²) in [5.41, 5.74) is 5.74. The summed E-state index contributed by atoms with van der Waals surface area (Å²) in [5, 5.41) is 2.23. The fraction of sp³-hybridized carbons (Fsp3) is 0.435. The molecule has 1 amide bonds. The second-order valence-electron chi connectivity index (χ2n) is 8.23. The highest BCUT2D eigenvalue weighted by Crippen LogP contribution is 2.34. The van der Waals surface area contributed by atoms with Gasteiger partial charge in [0.25, 0.3) is 0 Å². The van der Waals surface area contributed by atoms with Gasteiger partial charge in [-0.25, -0.2) is 0 Å². The van der Waals surface area contributed by atoms with Crippen LogP contribution in [0.4, 0.5) is 24.5 Å². The van der Waals surface area contributed by atoms with Gasteiger partial charge in [0, 0.05) is 38.6 Å². The Morgan fingerprint density at radius 1 is 0.900 bits per heavy atom. The first kappa shape index (κ1) is 20.6. The van der Waals surface area contributed by atoms with Crippen LogP contribution in [-0.2, 0) is 17.6 Å². The largest absolute Gasteiger partial charge is 0.471 e. The molecule has 0 unspecified atom stereocenters. The maximum Gasteiger partial charge on any atom is 0.471 e. The van der Waals surface area contributed by atoms with E-state index in [1.807, 2.05) is 50.5 Å². The second kappa shape index (κ2) is 7.85. The maximum absolute atomic E-state index is 13.1. The van der Waals surface area contributed by atoms with Crippen molar-refractivity contribution in [2.24, 2.45) is 0 Å². The number of fused-ring (bicyclic) bond motifs is 2. The number of hydrogen-bond donors (Lipinski definition) is 1. The van der Waals surface area contributed by atoms with E-state index in [-0.39, 0.29) is 0 Å². The van der Waals surface area contributed by atoms with Crippen molar-refractivity contribution in [3.05, 3.63) is 58.7 Å². The lowest BCUT2D eigenvalue weighted by molar-refractivity contribution is -0.174. The molecule has 0 saturated carbocycles. The zero-order valence-corrected chi connectivity index (χ0v) is 17.2. The molecule has 2 aliphatic heterocycles. The molecule has 30 heavy (non-hydrogen) atoms. The quantitative estimate of drug-likeness (QED) is 0.812. The maximum atomic E-state index is 13.1. The molecule has 0 radical (unpaired) electrons. The number of anilines is 2. The van der Waals surface area contributed by atoms with E-state index in [2.05, 4.69) is 15.1 Å². The minimum Gasteiger partial charge on any atom is -0.374 e. The molecule has 0 spiro atoms. The summed E-state index contributed by atoms with van der Waals surface area (Å²) >= 11 is 0. The zero-order valence-electron chi connectivity index (χ0n) is 17.2. The van der Waals surface area contributed by atoms with Crippen LogP contribution in [0.15, 0.2) is 36.4 Å². The van der Waals surface area contributed by atoms with Crippen LogP contribution in [0.5, 0.6) is 0 Å². The van der Waals surface area contributed by atoms with Crippen molar-refractivity contribution in [3.63, 3.8) is 0 Å². The third-order valence-corrected chi connectivity index (χ3v) is 6.11. The van der Waals surface area contributed by atoms with Gasteiger partial charge in [-0.05, 0) is 60.1 Å². The standard InChI is InChI=1S/C23H26F3N3O/c1-28-11-3-5-15-13-17(7-9-19(15)28)21(27-22(30)23(24,25)26)18-8-10-20-16(14-18)6-4-12-29(20)2/h7-10,13-14,21H,3-6,11-12H2,1-2H3,(H,27,30). The second-order valence-corrected chi connectivity index (χ2v) is 8.23. The molecule has 2 aromatic carbocycles. The number of halogens is 3. The number of rotatable bonds is 3. The summed E-state index contributed by atoms with van der Waals surface area (Å²) in [7, 11) is 4.03. The van der Waals surface area contributed by atoms with Gasteiger partial charge in [0.2, 0.25) is 0 Å². The van der Waals surface area contributed by atoms with Gasteiger partial charge in [-0.3, -0.25) is 4.79 Å². The molecule has 0 atom stereocenters. The molecule has 0 bridgehead atoms. The number of nitrogens with zero attached hydrogens (tertiary/aromatic N) is 2. The van der Waals surface area contributed by atoms with Gasteiger partial charge in [-0.2, -0.15) is 13.2 Å². The number of benzene rings is 2. The van der Waals surface area contributed by atoms with Gasteiger partial charge in [-0.1, -0.05) is 24.3 Å². The number of hydrogen-bond acceptors (Lipinski definition) is 3. The van der Waals surface area contributed by atoms with Crippen LogP contribution in [0.25, 0.3) is 0 Å². The first-order valence-corrected chi connectivity index (χ1v) is 10.3. The van der Waals surface area contributed by atoms with E-state index in [0.29, 0.717) is 11.1 Å². The minimum absolute atomic E-state index is 0.672. The normalized spacial score (nSPS) is 16.3. The summed E-state index contributed by atoms with van der Waals surface area (Å²) in [5.74, 6) is -1.92. The van der Waals surface area contributed by atoms with Gasteiger partial charge >= 0.3 is 12.1 Å². The molecule has 2 heterocycles. The third-order valence-electron chi connectivity index (χ3n) is 6.11. The number of carbonyl (C=O) groups is 1. The van der Waals surface area contributed by atoms with Gasteiger partial charge in [0.05, 0.1) is 6.04 Å². The number of alkyl halides is 3. The molecule has 7 heteroatoms. The van der Waals surface area contributed by atoms with Crippen molar-refractivity contribution in [2.75, 3.05) is 37.0 Å². The van der Waals surface area contributed by atoms with E-state index in [0.717, 1.165) is 61.3 Å². The summed E-state index contributed by atoms with van der Waals surface area (Å²) < 4.78 is 39.2. The van der Waals surface area contributed by atoms with Crippen molar-refractivity contribution in [3.8, 4) is 0 Å². The molecule has 0 fully saturated rings. The Labute approximate surface area is 174 Å². The monoisotopic (exact) mass is 417 g/mol. The van der Waals surface area contributed by atoms with Gasteiger partial charge in [-0.15, -0.1) is 0 Å². The van der Waals surface area contributed by atoms with E-state index in [1.165, 1.54) is 0 Å². The molecule has 0 aliphatic carbocycles. The van der Waals surface area contributed by atoms with E-state index < -0.39 is 18.1 Å². The predicted octanol–water partition coefficient (Wildman–Crippen LogP) is 4.22. The van der Waals surface area contributed by atoms with Crippen LogP contribution >= 0.6 is 0 Å². The Morgan fingerprint density at radius 2 is 1.37 bits per heavy atom. The van der Waals surface area contributed by atoms with E-state index in [9.17, 15) is 18.0 Å². The average Bonchev–Trinajstić information content (AvgIpc) is 2.71. The molecule has 4 rings (SSSR count). The topological polar surface area (TPSA) is 35.6 Å². The fourth-order valence-corrected chi connectivity index (χ4v) is 4.54. The molecule has 4 nitrogen and oxygen atoms in total. The molecule has 0 aromatic heterocycles. The van der Waals surface area contributed by atoms with E-state index in [4.69, 9.17) is 0 Å². The van der Waals surface area contributed by atoms with Crippen molar-refractivity contribution in [1.82, 2.24) is 5.32 Å². The Kier molecular flexibility index (Phi) is 5.38. The Morgan fingerprint density at radius 3 is 1.80 bits per heavy atom. The van der Waals surface area contributed by atoms with Crippen molar-refractivity contribution < 1.29 is 18.0 Å². The molecule has 2 aromatic rings. The summed E-state index contributed by atoms with van der Waals surface area (Å²) in [4.78, 5) is 16.2. The highest BCUT2D eigenvalue weighted by molar-refractivity contribution is 5.82. The van der Waals surface area contributed by atoms with Crippen molar-refractivity contribution >= 4 is 17.3 Å². The predicted molar refractivity (Wildman–Crippen MR) is 112 cm³/mol. The molecule has 1 N–H and O–H groups in total. The number of nitrogens with one attached hydrogen (secondary N) is 1. The van der Waals surface area contributed by atoms with Gasteiger partial charge < -0.3 is 15.1 Å². The first-order valence-electron chi connectivity index (χ1n) is 10.3. The van der Waals surface area contributed by atoms with Crippen LogP contribution in [0.3, 0.4) is 0 Å². The molecular weight excluding hydrogens is 391 g/mol. The number of carbonyl (C=O) groups excluding carboxylic acids is 1. The lowest BCUT2D eigenvalue weighted by Gasteiger charge is -2.31. The molecular formula is C23H26F3N3O. The van der Waals surface area contributed by atoms with Crippen LogP contribution in [0.2, 0.25) is 0 Å². The van der Waals surface area contributed by atoms with Crippen LogP contribution in [0, 0.1) is 0 Å². The Balaban J connectivity index is 1.75. The third kappa shape index (κ3) is 3.98. The number of amides is 1. The summed E-state index contributed by atoms with van der Waals surface area (Å²) in [6.45, 7) is 1.91. The van der Waals surface area contributed by atoms with E-state index >= 15 is 0 Å². The summed E-state index contributed by atoms with van der Waals surface area (Å²) in [6.07, 6.45) is -1.18. The van der Waals surface area contributed by atoms with Crippen LogP contribution < -0.4 is 15.1 Å². The average molecular weight is 417 g/mol. The molecule has 2 aliphatic rings. The lowest BCUT2D eigenvalue weighted by atomic mass is 9.91. The van der Waals surface area contributed by atoms with Crippen LogP contribution in [-0.4, -0.2) is 39.3 Å². The first-order chi connectivity index (χ1) is 14.2. The highest BCUT2D eigenvalue weighted by atomic mass is 19.4. The van der Waals surface area contributed by atoms with Crippen molar-refractivity contribution in [2.45, 2.75) is 37.9 Å². The zero-order chi connectivity index (χ0) is 21.5. The highest BCUT2D eigenvalue weighted by Gasteiger charge is 2.40. The fourth-order valence-electron chi connectivity index (χ4n) is 4.54. The van der Waals surface area contributed by atoms with E-state index in [1.54, 1.807) is 0 Å². The van der Waals surface area contributed by atoms with Crippen molar-refractivity contribution in [1.29, 1.82) is 0 Å². The molecule has 0 saturated heterocycles. The number of aryl methyl sites for hydroxylation is 2.